The van der Waals surface area contributed by atoms with Crippen LogP contribution in [0.3, 0.4) is 0 Å². The van der Waals surface area contributed by atoms with Crippen molar-refractivity contribution in [3.05, 3.63) is 0 Å². The van der Waals surface area contributed by atoms with Crippen molar-refractivity contribution in [2.24, 2.45) is 0 Å². The van der Waals surface area contributed by atoms with Crippen LogP contribution in [-0.2, 0) is 0 Å². The summed E-state index contributed by atoms with van der Waals surface area (Å²) in [6.45, 7) is 7.28. The van der Waals surface area contributed by atoms with Gasteiger partial charge in [0.05, 0.1) is 0 Å². The molecule has 0 saturated carbocycles. The molecule has 5 heteroatoms. The Morgan fingerprint density at radius 2 is 1.64 bits per heavy atom. The van der Waals surface area contributed by atoms with Crippen LogP contribution in [0, 0.1) is 0 Å². The maximum absolute atomic E-state index is 12.2. The van der Waals surface area contributed by atoms with E-state index in [2.05, 4.69) is 0 Å². The van der Waals surface area contributed by atoms with E-state index in [9.17, 15) is 13.2 Å². The lowest BCUT2D eigenvalue weighted by Crippen LogP contribution is -2.50. The topological polar surface area (TPSA) is 23.5 Å². The fraction of sp³-hybridized carbons (Fsp3) is 1.00. The molecule has 0 aromatic heterocycles. The van der Waals surface area contributed by atoms with Crippen LogP contribution in [0.1, 0.15) is 27.7 Å². The van der Waals surface area contributed by atoms with Gasteiger partial charge in [0.15, 0.2) is 6.10 Å². The Hall–Kier alpha value is -0.290. The largest absolute Gasteiger partial charge is 0.415 e. The zero-order chi connectivity index (χ0) is 11.5. The molecular formula is C9H18F3NO. The lowest BCUT2D eigenvalue weighted by Gasteiger charge is -2.35. The molecular weight excluding hydrogens is 195 g/mol. The van der Waals surface area contributed by atoms with E-state index in [0.29, 0.717) is 6.54 Å². The minimum absolute atomic E-state index is 0.00741. The zero-order valence-corrected chi connectivity index (χ0v) is 8.97. The van der Waals surface area contributed by atoms with Crippen LogP contribution in [0.4, 0.5) is 13.2 Å². The van der Waals surface area contributed by atoms with Gasteiger partial charge in [-0.05, 0) is 27.3 Å². The molecule has 2 unspecified atom stereocenters. The molecule has 2 atom stereocenters. The summed E-state index contributed by atoms with van der Waals surface area (Å²) in [4.78, 5) is 1.61. The van der Waals surface area contributed by atoms with Crippen LogP contribution in [0.25, 0.3) is 0 Å². The molecule has 0 aromatic rings. The minimum Gasteiger partial charge on any atom is -0.382 e. The molecule has 0 heterocycles. The first-order valence-corrected chi connectivity index (χ1v) is 4.72. The van der Waals surface area contributed by atoms with Crippen LogP contribution < -0.4 is 0 Å². The molecule has 0 bridgehead atoms. The summed E-state index contributed by atoms with van der Waals surface area (Å²) < 4.78 is 36.5. The summed E-state index contributed by atoms with van der Waals surface area (Å²) in [6.07, 6.45) is -6.81. The number of halogens is 3. The minimum atomic E-state index is -4.54. The zero-order valence-electron chi connectivity index (χ0n) is 8.97. The Morgan fingerprint density at radius 1 is 1.21 bits per heavy atom. The van der Waals surface area contributed by atoms with Gasteiger partial charge in [-0.2, -0.15) is 13.2 Å². The number of likely N-dealkylation sites (N-methyl/N-ethyl adjacent to an activating group) is 1. The van der Waals surface area contributed by atoms with Gasteiger partial charge in [0.2, 0.25) is 0 Å². The smallest absolute Gasteiger partial charge is 0.382 e. The number of aliphatic hydroxyl groups excluding tert-OH is 1. The van der Waals surface area contributed by atoms with Gasteiger partial charge in [-0.3, -0.25) is 4.90 Å². The molecule has 0 saturated heterocycles. The Bertz CT molecular complexity index is 168. The average Bonchev–Trinajstić information content (AvgIpc) is 2.01. The normalized spacial score (nSPS) is 17.6. The molecule has 14 heavy (non-hydrogen) atoms. The second kappa shape index (κ2) is 4.98. The van der Waals surface area contributed by atoms with Crippen LogP contribution >= 0.6 is 0 Å². The summed E-state index contributed by atoms with van der Waals surface area (Å²) in [5.41, 5.74) is 0. The molecule has 86 valence electrons. The Balaban J connectivity index is 4.50. The van der Waals surface area contributed by atoms with Crippen LogP contribution in [0.15, 0.2) is 0 Å². The van der Waals surface area contributed by atoms with Gasteiger partial charge in [-0.1, -0.05) is 6.92 Å². The van der Waals surface area contributed by atoms with Crippen molar-refractivity contribution in [3.63, 3.8) is 0 Å². The molecule has 0 aliphatic carbocycles. The van der Waals surface area contributed by atoms with E-state index in [1.165, 1.54) is 6.92 Å². The van der Waals surface area contributed by atoms with Crippen molar-refractivity contribution in [1.82, 2.24) is 4.90 Å². The fourth-order valence-corrected chi connectivity index (χ4v) is 1.58. The molecule has 0 fully saturated rings. The summed E-state index contributed by atoms with van der Waals surface area (Å²) in [5, 5.41) is 9.04. The van der Waals surface area contributed by atoms with E-state index < -0.39 is 18.3 Å². The number of alkyl halides is 3. The van der Waals surface area contributed by atoms with Gasteiger partial charge >= 0.3 is 6.18 Å². The van der Waals surface area contributed by atoms with Crippen LogP contribution in [-0.4, -0.2) is 40.9 Å². The highest BCUT2D eigenvalue weighted by Gasteiger charge is 2.43. The monoisotopic (exact) mass is 213 g/mol. The SMILES string of the molecule is CCN(C(C)C)C(C)C(O)C(F)(F)F. The highest BCUT2D eigenvalue weighted by molar-refractivity contribution is 4.81. The third-order valence-electron chi connectivity index (χ3n) is 2.34. The molecule has 0 aliphatic rings. The third kappa shape index (κ3) is 3.46. The second-order valence-electron chi connectivity index (χ2n) is 3.65. The maximum Gasteiger partial charge on any atom is 0.415 e. The van der Waals surface area contributed by atoms with E-state index in [-0.39, 0.29) is 6.04 Å². The predicted octanol–water partition coefficient (Wildman–Crippen LogP) is 2.03. The molecule has 2 nitrogen and oxygen atoms in total. The fourth-order valence-electron chi connectivity index (χ4n) is 1.58. The number of nitrogens with zero attached hydrogens (tertiary/aromatic N) is 1. The number of rotatable bonds is 4. The van der Waals surface area contributed by atoms with Gasteiger partial charge < -0.3 is 5.11 Å². The van der Waals surface area contributed by atoms with Crippen molar-refractivity contribution < 1.29 is 18.3 Å². The second-order valence-corrected chi connectivity index (χ2v) is 3.65. The van der Waals surface area contributed by atoms with Crippen molar-refractivity contribution in [3.8, 4) is 0 Å². The van der Waals surface area contributed by atoms with Gasteiger partial charge in [-0.25, -0.2) is 0 Å². The lowest BCUT2D eigenvalue weighted by molar-refractivity contribution is -0.221. The molecule has 0 rings (SSSR count). The Morgan fingerprint density at radius 3 is 1.86 bits per heavy atom. The first kappa shape index (κ1) is 13.7. The summed E-state index contributed by atoms with van der Waals surface area (Å²) in [5.74, 6) is 0. The van der Waals surface area contributed by atoms with E-state index in [1.54, 1.807) is 11.8 Å². The van der Waals surface area contributed by atoms with Gasteiger partial charge in [0.25, 0.3) is 0 Å². The van der Waals surface area contributed by atoms with Crippen molar-refractivity contribution >= 4 is 0 Å². The van der Waals surface area contributed by atoms with E-state index in [4.69, 9.17) is 5.11 Å². The number of hydrogen-bond donors (Lipinski definition) is 1. The summed E-state index contributed by atoms with van der Waals surface area (Å²) >= 11 is 0. The summed E-state index contributed by atoms with van der Waals surface area (Å²) in [7, 11) is 0. The molecule has 1 N–H and O–H groups in total. The van der Waals surface area contributed by atoms with E-state index >= 15 is 0 Å². The molecule has 0 aliphatic heterocycles. The van der Waals surface area contributed by atoms with Gasteiger partial charge in [-0.15, -0.1) is 0 Å². The first-order valence-electron chi connectivity index (χ1n) is 4.72. The average molecular weight is 213 g/mol. The first-order chi connectivity index (χ1) is 6.21. The highest BCUT2D eigenvalue weighted by atomic mass is 19.4. The molecule has 0 amide bonds. The van der Waals surface area contributed by atoms with Crippen molar-refractivity contribution in [2.45, 2.75) is 52.1 Å². The quantitative estimate of drug-likeness (QED) is 0.772. The Labute approximate surface area is 82.7 Å². The van der Waals surface area contributed by atoms with Crippen LogP contribution in [0.5, 0.6) is 0 Å². The standard InChI is InChI=1S/C9H18F3NO/c1-5-13(6(2)3)7(4)8(14)9(10,11)12/h6-8,14H,5H2,1-4H3. The molecule has 0 aromatic carbocycles. The molecule has 0 radical (unpaired) electrons. The maximum atomic E-state index is 12.2. The number of aliphatic hydroxyl groups is 1. The summed E-state index contributed by atoms with van der Waals surface area (Å²) in [6, 6.07) is -0.910. The van der Waals surface area contributed by atoms with Crippen molar-refractivity contribution in [2.75, 3.05) is 6.54 Å². The van der Waals surface area contributed by atoms with Gasteiger partial charge in [0.1, 0.15) is 0 Å². The van der Waals surface area contributed by atoms with E-state index in [1.807, 2.05) is 13.8 Å². The Kier molecular flexibility index (Phi) is 4.88. The molecule has 0 spiro atoms. The van der Waals surface area contributed by atoms with Crippen molar-refractivity contribution in [1.29, 1.82) is 0 Å². The third-order valence-corrected chi connectivity index (χ3v) is 2.34. The highest BCUT2D eigenvalue weighted by Crippen LogP contribution is 2.25. The predicted molar refractivity (Wildman–Crippen MR) is 49.0 cm³/mol. The van der Waals surface area contributed by atoms with Gasteiger partial charge in [0, 0.05) is 12.1 Å². The van der Waals surface area contributed by atoms with E-state index in [0.717, 1.165) is 0 Å². The lowest BCUT2D eigenvalue weighted by atomic mass is 10.1. The number of hydrogen-bond acceptors (Lipinski definition) is 2. The van der Waals surface area contributed by atoms with Crippen LogP contribution in [0.2, 0.25) is 0 Å².